The van der Waals surface area contributed by atoms with E-state index in [9.17, 15) is 9.59 Å². The first-order chi connectivity index (χ1) is 11.9. The van der Waals surface area contributed by atoms with Crippen LogP contribution in [0.15, 0.2) is 18.2 Å². The van der Waals surface area contributed by atoms with Crippen molar-refractivity contribution in [1.82, 2.24) is 9.80 Å². The quantitative estimate of drug-likeness (QED) is 0.731. The normalized spacial score (nSPS) is 15.5. The molecule has 1 aromatic rings. The summed E-state index contributed by atoms with van der Waals surface area (Å²) in [6, 6.07) is 5.71. The number of carboxylic acid groups (broad SMARTS) is 1. The van der Waals surface area contributed by atoms with Gasteiger partial charge < -0.3 is 10.4 Å². The molecule has 0 aromatic heterocycles. The molecule has 6 nitrogen and oxygen atoms in total. The van der Waals surface area contributed by atoms with Gasteiger partial charge in [0, 0.05) is 29.8 Å². The molecule has 0 spiro atoms. The van der Waals surface area contributed by atoms with Crippen LogP contribution in [0.25, 0.3) is 0 Å². The Labute approximate surface area is 165 Å². The number of hydrogen-bond donors (Lipinski definition) is 2. The zero-order valence-electron chi connectivity index (χ0n) is 15.2. The maximum atomic E-state index is 12.3. The second-order valence-electron chi connectivity index (χ2n) is 6.47. The third kappa shape index (κ3) is 6.76. The molecule has 0 atom stereocenters. The number of amides is 1. The van der Waals surface area contributed by atoms with Gasteiger partial charge in [-0.05, 0) is 44.0 Å². The minimum atomic E-state index is -0.791. The number of halogens is 2. The van der Waals surface area contributed by atoms with Crippen molar-refractivity contribution in [2.45, 2.75) is 32.7 Å². The Kier molecular flexibility index (Phi) is 9.36. The number of likely N-dealkylation sites (tertiary alicyclic amines) is 1. The van der Waals surface area contributed by atoms with E-state index < -0.39 is 5.97 Å². The smallest absolute Gasteiger partial charge is 0.317 e. The number of carbonyl (C=O) groups excluding carboxylic acids is 1. The first kappa shape index (κ1) is 22.7. The molecule has 0 aliphatic carbocycles. The van der Waals surface area contributed by atoms with Crippen molar-refractivity contribution in [2.75, 3.05) is 38.0 Å². The van der Waals surface area contributed by atoms with E-state index in [0.717, 1.165) is 43.7 Å². The maximum absolute atomic E-state index is 12.3. The van der Waals surface area contributed by atoms with Crippen LogP contribution >= 0.6 is 24.0 Å². The summed E-state index contributed by atoms with van der Waals surface area (Å²) in [5, 5.41) is 12.5. The molecule has 0 radical (unpaired) electrons. The number of benzene rings is 1. The molecular formula is C18H27Cl2N3O3. The van der Waals surface area contributed by atoms with Gasteiger partial charge in [0.1, 0.15) is 0 Å². The maximum Gasteiger partial charge on any atom is 0.317 e. The molecule has 1 fully saturated rings. The average Bonchev–Trinajstić information content (AvgIpc) is 2.56. The largest absolute Gasteiger partial charge is 0.480 e. The Hall–Kier alpha value is -1.34. The Morgan fingerprint density at radius 3 is 2.58 bits per heavy atom. The molecule has 1 aliphatic heterocycles. The van der Waals surface area contributed by atoms with Crippen molar-refractivity contribution >= 4 is 41.6 Å². The summed E-state index contributed by atoms with van der Waals surface area (Å²) in [7, 11) is 0. The Morgan fingerprint density at radius 1 is 1.35 bits per heavy atom. The van der Waals surface area contributed by atoms with Crippen LogP contribution < -0.4 is 5.32 Å². The van der Waals surface area contributed by atoms with E-state index in [2.05, 4.69) is 10.2 Å². The number of aryl methyl sites for hydroxylation is 1. The number of piperidine rings is 1. The minimum Gasteiger partial charge on any atom is -0.480 e. The molecule has 1 heterocycles. The molecule has 2 N–H and O–H groups in total. The first-order valence-electron chi connectivity index (χ1n) is 8.63. The standard InChI is InChI=1S/C18H26ClN3O3.ClH/c1-3-22(12-18(24)25)15-6-8-21(9-7-15)11-17(23)20-16-10-14(19)5-4-13(16)2;/h4-5,10,15H,3,6-9,11-12H2,1-2H3,(H,20,23)(H,24,25);1H. The van der Waals surface area contributed by atoms with Crippen LogP contribution in [0.1, 0.15) is 25.3 Å². The van der Waals surface area contributed by atoms with Gasteiger partial charge in [0.25, 0.3) is 0 Å². The second kappa shape index (κ2) is 10.7. The molecule has 1 amide bonds. The number of nitrogens with one attached hydrogen (secondary N) is 1. The number of rotatable bonds is 7. The molecule has 1 aromatic carbocycles. The predicted molar refractivity (Wildman–Crippen MR) is 106 cm³/mol. The molecule has 2 rings (SSSR count). The summed E-state index contributed by atoms with van der Waals surface area (Å²) in [5.74, 6) is -0.845. The van der Waals surface area contributed by atoms with Crippen LogP contribution in [0, 0.1) is 6.92 Å². The summed E-state index contributed by atoms with van der Waals surface area (Å²) in [4.78, 5) is 27.3. The molecule has 8 heteroatoms. The average molecular weight is 404 g/mol. The highest BCUT2D eigenvalue weighted by atomic mass is 35.5. The predicted octanol–water partition coefficient (Wildman–Crippen LogP) is 2.88. The van der Waals surface area contributed by atoms with E-state index in [1.807, 2.05) is 24.8 Å². The van der Waals surface area contributed by atoms with E-state index in [1.165, 1.54) is 0 Å². The topological polar surface area (TPSA) is 72.9 Å². The zero-order valence-corrected chi connectivity index (χ0v) is 16.8. The van der Waals surface area contributed by atoms with E-state index in [-0.39, 0.29) is 30.9 Å². The van der Waals surface area contributed by atoms with Gasteiger partial charge in [0.15, 0.2) is 0 Å². The van der Waals surface area contributed by atoms with E-state index in [1.54, 1.807) is 12.1 Å². The fourth-order valence-corrected chi connectivity index (χ4v) is 3.41. The van der Waals surface area contributed by atoms with Gasteiger partial charge in [-0.2, -0.15) is 0 Å². The highest BCUT2D eigenvalue weighted by Gasteiger charge is 2.25. The third-order valence-corrected chi connectivity index (χ3v) is 4.89. The van der Waals surface area contributed by atoms with Gasteiger partial charge in [0.2, 0.25) is 5.91 Å². The minimum absolute atomic E-state index is 0. The lowest BCUT2D eigenvalue weighted by Crippen LogP contribution is -2.48. The van der Waals surface area contributed by atoms with Crippen molar-refractivity contribution in [3.8, 4) is 0 Å². The summed E-state index contributed by atoms with van der Waals surface area (Å²) < 4.78 is 0. The molecular weight excluding hydrogens is 377 g/mol. The van der Waals surface area contributed by atoms with Crippen LogP contribution in [-0.2, 0) is 9.59 Å². The van der Waals surface area contributed by atoms with Crippen LogP contribution in [0.5, 0.6) is 0 Å². The number of aliphatic carboxylic acids is 1. The Balaban J connectivity index is 0.00000338. The number of nitrogens with zero attached hydrogens (tertiary/aromatic N) is 2. The van der Waals surface area contributed by atoms with E-state index in [0.29, 0.717) is 11.6 Å². The molecule has 0 unspecified atom stereocenters. The lowest BCUT2D eigenvalue weighted by Gasteiger charge is -2.37. The first-order valence-corrected chi connectivity index (χ1v) is 9.01. The SMILES string of the molecule is CCN(CC(=O)O)C1CCN(CC(=O)Nc2cc(Cl)ccc2C)CC1.Cl. The highest BCUT2D eigenvalue weighted by Crippen LogP contribution is 2.21. The molecule has 1 aliphatic rings. The highest BCUT2D eigenvalue weighted by molar-refractivity contribution is 6.31. The van der Waals surface area contributed by atoms with Crippen LogP contribution in [-0.4, -0.2) is 65.5 Å². The number of likely N-dealkylation sites (N-methyl/N-ethyl adjacent to an activating group) is 1. The van der Waals surface area contributed by atoms with Gasteiger partial charge in [-0.3, -0.25) is 19.4 Å². The van der Waals surface area contributed by atoms with Gasteiger partial charge >= 0.3 is 5.97 Å². The second-order valence-corrected chi connectivity index (χ2v) is 6.91. The molecule has 0 saturated carbocycles. The summed E-state index contributed by atoms with van der Waals surface area (Å²) in [5.41, 5.74) is 1.72. The van der Waals surface area contributed by atoms with Crippen molar-refractivity contribution in [2.24, 2.45) is 0 Å². The van der Waals surface area contributed by atoms with Crippen LogP contribution in [0.3, 0.4) is 0 Å². The lowest BCUT2D eigenvalue weighted by atomic mass is 10.0. The number of carbonyl (C=O) groups is 2. The van der Waals surface area contributed by atoms with Crippen LogP contribution in [0.2, 0.25) is 5.02 Å². The molecule has 26 heavy (non-hydrogen) atoms. The van der Waals surface area contributed by atoms with Gasteiger partial charge in [-0.15, -0.1) is 12.4 Å². The number of hydrogen-bond acceptors (Lipinski definition) is 4. The third-order valence-electron chi connectivity index (χ3n) is 4.66. The fraction of sp³-hybridized carbons (Fsp3) is 0.556. The van der Waals surface area contributed by atoms with Gasteiger partial charge in [-0.25, -0.2) is 0 Å². The van der Waals surface area contributed by atoms with Gasteiger partial charge in [-0.1, -0.05) is 24.6 Å². The van der Waals surface area contributed by atoms with Gasteiger partial charge in [0.05, 0.1) is 13.1 Å². The fourth-order valence-electron chi connectivity index (χ4n) is 3.24. The lowest BCUT2D eigenvalue weighted by molar-refractivity contribution is -0.139. The molecule has 146 valence electrons. The Morgan fingerprint density at radius 2 is 2.00 bits per heavy atom. The van der Waals surface area contributed by atoms with Crippen molar-refractivity contribution in [1.29, 1.82) is 0 Å². The molecule has 1 saturated heterocycles. The summed E-state index contributed by atoms with van der Waals surface area (Å²) >= 11 is 5.98. The summed E-state index contributed by atoms with van der Waals surface area (Å²) in [6.07, 6.45) is 1.76. The van der Waals surface area contributed by atoms with Crippen molar-refractivity contribution in [3.05, 3.63) is 28.8 Å². The van der Waals surface area contributed by atoms with Crippen LogP contribution in [0.4, 0.5) is 5.69 Å². The summed E-state index contributed by atoms with van der Waals surface area (Å²) in [6.45, 7) is 6.64. The number of anilines is 1. The van der Waals surface area contributed by atoms with E-state index in [4.69, 9.17) is 16.7 Å². The van der Waals surface area contributed by atoms with Crippen molar-refractivity contribution in [3.63, 3.8) is 0 Å². The Bertz CT molecular complexity index is 620. The van der Waals surface area contributed by atoms with Crippen molar-refractivity contribution < 1.29 is 14.7 Å². The number of carboxylic acids is 1. The van der Waals surface area contributed by atoms with E-state index >= 15 is 0 Å². The molecule has 0 bridgehead atoms. The zero-order chi connectivity index (χ0) is 18.4. The monoisotopic (exact) mass is 403 g/mol.